The van der Waals surface area contributed by atoms with Gasteiger partial charge in [0, 0.05) is 10.7 Å². The lowest BCUT2D eigenvalue weighted by molar-refractivity contribution is 0.601. The normalized spacial score (nSPS) is 11.3. The molecule has 5 nitrogen and oxygen atoms in total. The van der Waals surface area contributed by atoms with Crippen molar-refractivity contribution in [2.45, 2.75) is 4.90 Å². The lowest BCUT2D eigenvalue weighted by atomic mass is 10.3. The van der Waals surface area contributed by atoms with Crippen molar-refractivity contribution in [3.63, 3.8) is 0 Å². The summed E-state index contributed by atoms with van der Waals surface area (Å²) < 4.78 is 27.4. The minimum absolute atomic E-state index is 0.0533. The van der Waals surface area contributed by atoms with Gasteiger partial charge in [-0.05, 0) is 34.1 Å². The first kappa shape index (κ1) is 14.1. The molecule has 0 amide bonds. The van der Waals surface area contributed by atoms with Gasteiger partial charge in [0.05, 0.1) is 10.7 Å². The van der Waals surface area contributed by atoms with Gasteiger partial charge in [-0.1, -0.05) is 23.7 Å². The van der Waals surface area contributed by atoms with E-state index in [1.807, 2.05) is 0 Å². The SMILES string of the molecule is Nc1ncc(S(=O)(=O)Nc2ccccc2Br)cc1Cl. The number of nitrogens with two attached hydrogens (primary N) is 1. The van der Waals surface area contributed by atoms with Crippen molar-refractivity contribution in [3.05, 3.63) is 46.0 Å². The summed E-state index contributed by atoms with van der Waals surface area (Å²) in [4.78, 5) is 3.67. The van der Waals surface area contributed by atoms with Gasteiger partial charge < -0.3 is 5.73 Å². The molecule has 0 aliphatic heterocycles. The van der Waals surface area contributed by atoms with E-state index in [2.05, 4.69) is 25.6 Å². The second-order valence-corrected chi connectivity index (χ2v) is 6.57. The Hall–Kier alpha value is -1.31. The Morgan fingerprint density at radius 3 is 2.63 bits per heavy atom. The van der Waals surface area contributed by atoms with Crippen LogP contribution in [0.1, 0.15) is 0 Å². The number of halogens is 2. The van der Waals surface area contributed by atoms with E-state index in [0.29, 0.717) is 10.2 Å². The van der Waals surface area contributed by atoms with Gasteiger partial charge >= 0.3 is 0 Å². The average Bonchev–Trinajstić information content (AvgIpc) is 2.35. The standard InChI is InChI=1S/C11H9BrClN3O2S/c12-8-3-1-2-4-10(8)16-19(17,18)7-5-9(13)11(14)15-6-7/h1-6,16H,(H2,14,15). The summed E-state index contributed by atoms with van der Waals surface area (Å²) in [6.45, 7) is 0. The summed E-state index contributed by atoms with van der Waals surface area (Å²) in [7, 11) is -3.76. The van der Waals surface area contributed by atoms with E-state index >= 15 is 0 Å². The van der Waals surface area contributed by atoms with Crippen LogP contribution >= 0.6 is 27.5 Å². The first-order valence-electron chi connectivity index (χ1n) is 5.08. The van der Waals surface area contributed by atoms with Crippen LogP contribution in [0.5, 0.6) is 0 Å². The Balaban J connectivity index is 2.38. The summed E-state index contributed by atoms with van der Waals surface area (Å²) in [5.41, 5.74) is 5.87. The van der Waals surface area contributed by atoms with Crippen molar-refractivity contribution < 1.29 is 8.42 Å². The molecule has 0 saturated carbocycles. The zero-order valence-electron chi connectivity index (χ0n) is 9.47. The molecule has 0 radical (unpaired) electrons. The number of rotatable bonds is 3. The van der Waals surface area contributed by atoms with Gasteiger partial charge in [0.1, 0.15) is 10.7 Å². The maximum absolute atomic E-state index is 12.1. The molecule has 1 aromatic carbocycles. The average molecular weight is 363 g/mol. The van der Waals surface area contributed by atoms with Gasteiger partial charge in [-0.25, -0.2) is 13.4 Å². The number of benzene rings is 1. The lowest BCUT2D eigenvalue weighted by Gasteiger charge is -2.09. The Morgan fingerprint density at radius 1 is 1.32 bits per heavy atom. The number of aromatic nitrogens is 1. The van der Waals surface area contributed by atoms with Crippen molar-refractivity contribution >= 4 is 49.1 Å². The third-order valence-electron chi connectivity index (χ3n) is 2.27. The largest absolute Gasteiger partial charge is 0.382 e. The number of pyridine rings is 1. The zero-order valence-corrected chi connectivity index (χ0v) is 12.6. The van der Waals surface area contributed by atoms with Crippen molar-refractivity contribution in [3.8, 4) is 0 Å². The monoisotopic (exact) mass is 361 g/mol. The van der Waals surface area contributed by atoms with E-state index < -0.39 is 10.0 Å². The van der Waals surface area contributed by atoms with Crippen LogP contribution in [0, 0.1) is 0 Å². The van der Waals surface area contributed by atoms with Crippen LogP contribution < -0.4 is 10.5 Å². The highest BCUT2D eigenvalue weighted by atomic mass is 79.9. The molecule has 2 rings (SSSR count). The molecule has 8 heteroatoms. The molecule has 0 aliphatic rings. The molecular weight excluding hydrogens is 354 g/mol. The number of hydrogen-bond acceptors (Lipinski definition) is 4. The van der Waals surface area contributed by atoms with E-state index in [0.717, 1.165) is 6.20 Å². The van der Waals surface area contributed by atoms with Gasteiger partial charge in [-0.2, -0.15) is 0 Å². The zero-order chi connectivity index (χ0) is 14.0. The molecule has 1 heterocycles. The fraction of sp³-hybridized carbons (Fsp3) is 0. The number of hydrogen-bond donors (Lipinski definition) is 2. The number of para-hydroxylation sites is 1. The van der Waals surface area contributed by atoms with Crippen molar-refractivity contribution in [2.24, 2.45) is 0 Å². The van der Waals surface area contributed by atoms with Crippen LogP contribution in [0.2, 0.25) is 5.02 Å². The third kappa shape index (κ3) is 3.17. The molecule has 1 aromatic heterocycles. The number of anilines is 2. The minimum Gasteiger partial charge on any atom is -0.382 e. The van der Waals surface area contributed by atoms with E-state index in [4.69, 9.17) is 17.3 Å². The van der Waals surface area contributed by atoms with Crippen LogP contribution in [0.4, 0.5) is 11.5 Å². The fourth-order valence-corrected chi connectivity index (χ4v) is 3.12. The van der Waals surface area contributed by atoms with Gasteiger partial charge in [0.15, 0.2) is 0 Å². The Labute approximate surface area is 124 Å². The summed E-state index contributed by atoms with van der Waals surface area (Å²) in [5, 5.41) is 0.0926. The highest BCUT2D eigenvalue weighted by Crippen LogP contribution is 2.26. The summed E-state index contributed by atoms with van der Waals surface area (Å²) in [6.07, 6.45) is 1.15. The van der Waals surface area contributed by atoms with Crippen LogP contribution in [0.25, 0.3) is 0 Å². The van der Waals surface area contributed by atoms with Crippen LogP contribution in [-0.4, -0.2) is 13.4 Å². The van der Waals surface area contributed by atoms with Gasteiger partial charge in [-0.3, -0.25) is 4.72 Å². The Kier molecular flexibility index (Phi) is 3.98. The quantitative estimate of drug-likeness (QED) is 0.879. The summed E-state index contributed by atoms with van der Waals surface area (Å²) >= 11 is 9.02. The number of nitrogens with one attached hydrogen (secondary N) is 1. The summed E-state index contributed by atoms with van der Waals surface area (Å²) in [6, 6.07) is 8.11. The highest BCUT2D eigenvalue weighted by Gasteiger charge is 2.17. The van der Waals surface area contributed by atoms with Crippen LogP contribution in [0.15, 0.2) is 45.9 Å². The molecule has 0 bridgehead atoms. The van der Waals surface area contributed by atoms with Gasteiger partial charge in [0.2, 0.25) is 0 Å². The van der Waals surface area contributed by atoms with Crippen molar-refractivity contribution in [2.75, 3.05) is 10.5 Å². The Bertz CT molecular complexity index is 722. The topological polar surface area (TPSA) is 85.1 Å². The predicted octanol–water partition coefficient (Wildman–Crippen LogP) is 2.88. The first-order valence-corrected chi connectivity index (χ1v) is 7.74. The molecule has 19 heavy (non-hydrogen) atoms. The summed E-state index contributed by atoms with van der Waals surface area (Å²) in [5.74, 6) is 0.0847. The van der Waals surface area contributed by atoms with Crippen molar-refractivity contribution in [1.29, 1.82) is 0 Å². The molecule has 0 atom stereocenters. The Morgan fingerprint density at radius 2 is 2.00 bits per heavy atom. The molecular formula is C11H9BrClN3O2S. The number of nitrogens with zero attached hydrogens (tertiary/aromatic N) is 1. The van der Waals surface area contributed by atoms with Crippen LogP contribution in [-0.2, 0) is 10.0 Å². The third-order valence-corrected chi connectivity index (χ3v) is 4.60. The molecule has 0 fully saturated rings. The second-order valence-electron chi connectivity index (χ2n) is 3.62. The highest BCUT2D eigenvalue weighted by molar-refractivity contribution is 9.10. The predicted molar refractivity (Wildman–Crippen MR) is 78.6 cm³/mol. The van der Waals surface area contributed by atoms with E-state index in [9.17, 15) is 8.42 Å². The molecule has 0 saturated heterocycles. The number of sulfonamides is 1. The molecule has 2 aromatic rings. The van der Waals surface area contributed by atoms with E-state index in [-0.39, 0.29) is 15.7 Å². The van der Waals surface area contributed by atoms with Crippen LogP contribution in [0.3, 0.4) is 0 Å². The van der Waals surface area contributed by atoms with Crippen molar-refractivity contribution in [1.82, 2.24) is 4.98 Å². The van der Waals surface area contributed by atoms with Gasteiger partial charge in [-0.15, -0.1) is 0 Å². The van der Waals surface area contributed by atoms with E-state index in [1.165, 1.54) is 6.07 Å². The lowest BCUT2D eigenvalue weighted by Crippen LogP contribution is -2.14. The molecule has 3 N–H and O–H groups in total. The van der Waals surface area contributed by atoms with Gasteiger partial charge in [0.25, 0.3) is 10.0 Å². The maximum Gasteiger partial charge on any atom is 0.263 e. The second kappa shape index (κ2) is 5.36. The smallest absolute Gasteiger partial charge is 0.263 e. The molecule has 0 unspecified atom stereocenters. The molecule has 0 aliphatic carbocycles. The molecule has 0 spiro atoms. The molecule has 100 valence electrons. The fourth-order valence-electron chi connectivity index (χ4n) is 1.33. The maximum atomic E-state index is 12.1. The number of nitrogen functional groups attached to an aromatic ring is 1. The first-order chi connectivity index (χ1) is 8.90. The van der Waals surface area contributed by atoms with E-state index in [1.54, 1.807) is 24.3 Å². The minimum atomic E-state index is -3.76.